The van der Waals surface area contributed by atoms with Gasteiger partial charge >= 0.3 is 0 Å². The highest BCUT2D eigenvalue weighted by Crippen LogP contribution is 2.18. The number of halogens is 1. The Bertz CT molecular complexity index is 566. The lowest BCUT2D eigenvalue weighted by Crippen LogP contribution is -2.18. The number of imidazole rings is 1. The lowest BCUT2D eigenvalue weighted by atomic mass is 10.2. The molecule has 0 saturated carbocycles. The fourth-order valence-electron chi connectivity index (χ4n) is 1.49. The molecule has 0 atom stereocenters. The lowest BCUT2D eigenvalue weighted by Gasteiger charge is -2.07. The molecule has 0 aliphatic heterocycles. The summed E-state index contributed by atoms with van der Waals surface area (Å²) in [5.74, 6) is 0.316. The zero-order valence-corrected chi connectivity index (χ0v) is 12.4. The largest absolute Gasteiger partial charge is 0.314 e. The number of carbonyl (C=O) groups is 1. The molecule has 96 valence electrons. The van der Waals surface area contributed by atoms with E-state index in [1.165, 1.54) is 6.33 Å². The molecule has 6 nitrogen and oxygen atoms in total. The zero-order chi connectivity index (χ0) is 13.1. The van der Waals surface area contributed by atoms with E-state index < -0.39 is 0 Å². The van der Waals surface area contributed by atoms with Crippen molar-refractivity contribution in [2.24, 2.45) is 5.92 Å². The number of nitrogens with one attached hydrogen (secondary N) is 1. The van der Waals surface area contributed by atoms with Gasteiger partial charge in [0.2, 0.25) is 5.91 Å². The summed E-state index contributed by atoms with van der Waals surface area (Å²) in [5.41, 5.74) is 1.39. The number of alkyl halides is 1. The molecule has 0 aliphatic rings. The van der Waals surface area contributed by atoms with Crippen molar-refractivity contribution < 1.29 is 4.79 Å². The van der Waals surface area contributed by atoms with Gasteiger partial charge in [0.25, 0.3) is 0 Å². The maximum Gasteiger partial charge on any atom is 0.228 e. The van der Waals surface area contributed by atoms with Gasteiger partial charge in [-0.25, -0.2) is 15.0 Å². The van der Waals surface area contributed by atoms with Crippen molar-refractivity contribution in [3.05, 3.63) is 12.7 Å². The van der Waals surface area contributed by atoms with Crippen LogP contribution < -0.4 is 5.32 Å². The molecule has 0 aromatic carbocycles. The van der Waals surface area contributed by atoms with Gasteiger partial charge in [-0.05, 0) is 0 Å². The first kappa shape index (κ1) is 13.2. The summed E-state index contributed by atoms with van der Waals surface area (Å²) in [6, 6.07) is 0. The zero-order valence-electron chi connectivity index (χ0n) is 10.2. The molecule has 0 unspecified atom stereocenters. The van der Waals surface area contributed by atoms with E-state index in [1.54, 1.807) is 6.33 Å². The van der Waals surface area contributed by atoms with Crippen LogP contribution in [0.2, 0.25) is 0 Å². The van der Waals surface area contributed by atoms with Crippen LogP contribution in [0.4, 0.5) is 5.82 Å². The molecule has 0 spiro atoms. The van der Waals surface area contributed by atoms with Gasteiger partial charge < -0.3 is 9.88 Å². The van der Waals surface area contributed by atoms with Crippen molar-refractivity contribution in [3.8, 4) is 0 Å². The van der Waals surface area contributed by atoms with Crippen molar-refractivity contribution in [3.63, 3.8) is 0 Å². The Kier molecular flexibility index (Phi) is 4.10. The summed E-state index contributed by atoms with van der Waals surface area (Å²) >= 11 is 2.30. The number of fused-ring (bicyclic) bond motifs is 1. The smallest absolute Gasteiger partial charge is 0.228 e. The van der Waals surface area contributed by atoms with Gasteiger partial charge in [0.15, 0.2) is 17.0 Å². The summed E-state index contributed by atoms with van der Waals surface area (Å²) in [7, 11) is 0. The number of anilines is 1. The van der Waals surface area contributed by atoms with Crippen LogP contribution >= 0.6 is 22.6 Å². The predicted molar refractivity (Wildman–Crippen MR) is 77.7 cm³/mol. The van der Waals surface area contributed by atoms with Gasteiger partial charge in [0, 0.05) is 16.9 Å². The van der Waals surface area contributed by atoms with Crippen LogP contribution in [0.1, 0.15) is 13.8 Å². The Labute approximate surface area is 118 Å². The summed E-state index contributed by atoms with van der Waals surface area (Å²) in [4.78, 5) is 24.2. The average Bonchev–Trinajstić information content (AvgIpc) is 2.74. The van der Waals surface area contributed by atoms with Crippen LogP contribution in [-0.2, 0) is 11.3 Å². The van der Waals surface area contributed by atoms with E-state index in [2.05, 4.69) is 42.9 Å². The van der Waals surface area contributed by atoms with E-state index in [0.29, 0.717) is 11.3 Å². The van der Waals surface area contributed by atoms with Crippen LogP contribution in [0.3, 0.4) is 0 Å². The minimum Gasteiger partial charge on any atom is -0.314 e. The molecule has 0 fully saturated rings. The maximum atomic E-state index is 11.7. The molecule has 1 N–H and O–H groups in total. The monoisotopic (exact) mass is 359 g/mol. The van der Waals surface area contributed by atoms with Crippen LogP contribution in [-0.4, -0.2) is 29.9 Å². The van der Waals surface area contributed by atoms with E-state index in [-0.39, 0.29) is 11.8 Å². The number of amides is 1. The van der Waals surface area contributed by atoms with Gasteiger partial charge in [-0.2, -0.15) is 0 Å². The van der Waals surface area contributed by atoms with E-state index in [1.807, 2.05) is 18.4 Å². The molecule has 0 aliphatic carbocycles. The summed E-state index contributed by atoms with van der Waals surface area (Å²) < 4.78 is 2.93. The molecule has 2 rings (SSSR count). The molecule has 0 radical (unpaired) electrons. The van der Waals surface area contributed by atoms with Crippen molar-refractivity contribution in [2.75, 3.05) is 9.74 Å². The highest BCUT2D eigenvalue weighted by molar-refractivity contribution is 14.1. The number of rotatable bonds is 4. The molecular weight excluding hydrogens is 345 g/mol. The van der Waals surface area contributed by atoms with Crippen molar-refractivity contribution >= 4 is 45.5 Å². The second-order valence-electron chi connectivity index (χ2n) is 4.17. The quantitative estimate of drug-likeness (QED) is 0.668. The molecule has 2 heterocycles. The number of nitrogens with zero attached hydrogens (tertiary/aromatic N) is 4. The number of aromatic nitrogens is 4. The fraction of sp³-hybridized carbons (Fsp3) is 0.455. The van der Waals surface area contributed by atoms with Crippen molar-refractivity contribution in [1.29, 1.82) is 0 Å². The van der Waals surface area contributed by atoms with Crippen LogP contribution in [0.15, 0.2) is 12.7 Å². The Morgan fingerprint density at radius 3 is 2.89 bits per heavy atom. The van der Waals surface area contributed by atoms with E-state index in [4.69, 9.17) is 0 Å². The van der Waals surface area contributed by atoms with Crippen LogP contribution in [0, 0.1) is 5.92 Å². The fourth-order valence-corrected chi connectivity index (χ4v) is 2.01. The number of carbonyl (C=O) groups excluding carboxylic acids is 1. The topological polar surface area (TPSA) is 72.7 Å². The highest BCUT2D eigenvalue weighted by Gasteiger charge is 2.13. The molecule has 2 aromatic heterocycles. The standard InChI is InChI=1S/C11H14IN5O/c1-7(2)11(18)16-9-8-10(14-5-13-9)17(4-3-12)6-15-8/h5-7H,3-4H2,1-2H3,(H,13,14,16,18). The molecule has 0 saturated heterocycles. The first-order valence-corrected chi connectivity index (χ1v) is 7.18. The number of aryl methyl sites for hydroxylation is 1. The third-order valence-corrected chi connectivity index (χ3v) is 2.98. The van der Waals surface area contributed by atoms with Crippen molar-refractivity contribution in [1.82, 2.24) is 19.5 Å². The molecule has 2 aromatic rings. The Balaban J connectivity index is 2.37. The minimum atomic E-state index is -0.0913. The Morgan fingerprint density at radius 1 is 1.44 bits per heavy atom. The minimum absolute atomic E-state index is 0.0709. The molecule has 7 heteroatoms. The predicted octanol–water partition coefficient (Wildman–Crippen LogP) is 1.86. The van der Waals surface area contributed by atoms with E-state index in [9.17, 15) is 4.79 Å². The Morgan fingerprint density at radius 2 is 2.22 bits per heavy atom. The third kappa shape index (κ3) is 2.60. The number of hydrogen-bond acceptors (Lipinski definition) is 4. The van der Waals surface area contributed by atoms with Crippen molar-refractivity contribution in [2.45, 2.75) is 20.4 Å². The molecule has 0 bridgehead atoms. The summed E-state index contributed by atoms with van der Waals surface area (Å²) in [6.45, 7) is 4.51. The first-order chi connectivity index (χ1) is 8.63. The SMILES string of the molecule is CC(C)C(=O)Nc1ncnc2c1ncn2CCI. The Hall–Kier alpha value is -1.25. The number of hydrogen-bond donors (Lipinski definition) is 1. The molecule has 1 amide bonds. The van der Waals surface area contributed by atoms with E-state index in [0.717, 1.165) is 16.6 Å². The van der Waals surface area contributed by atoms with Crippen LogP contribution in [0.5, 0.6) is 0 Å². The van der Waals surface area contributed by atoms with Gasteiger partial charge in [-0.15, -0.1) is 0 Å². The van der Waals surface area contributed by atoms with Gasteiger partial charge in [-0.1, -0.05) is 36.4 Å². The van der Waals surface area contributed by atoms with Crippen LogP contribution in [0.25, 0.3) is 11.2 Å². The summed E-state index contributed by atoms with van der Waals surface area (Å²) in [5, 5.41) is 2.77. The average molecular weight is 359 g/mol. The molecule has 18 heavy (non-hydrogen) atoms. The lowest BCUT2D eigenvalue weighted by molar-refractivity contribution is -0.118. The molecular formula is C11H14IN5O. The highest BCUT2D eigenvalue weighted by atomic mass is 127. The summed E-state index contributed by atoms with van der Waals surface area (Å²) in [6.07, 6.45) is 3.17. The second-order valence-corrected chi connectivity index (χ2v) is 5.24. The van der Waals surface area contributed by atoms with Gasteiger partial charge in [0.05, 0.1) is 6.33 Å². The van der Waals surface area contributed by atoms with E-state index >= 15 is 0 Å². The second kappa shape index (κ2) is 5.59. The van der Waals surface area contributed by atoms with Gasteiger partial charge in [0.1, 0.15) is 6.33 Å². The maximum absolute atomic E-state index is 11.7. The third-order valence-electron chi connectivity index (χ3n) is 2.49. The van der Waals surface area contributed by atoms with Gasteiger partial charge in [-0.3, -0.25) is 4.79 Å². The normalized spacial score (nSPS) is 11.1. The first-order valence-electron chi connectivity index (χ1n) is 5.66.